The molecule has 0 spiro atoms. The number of phosphoric ester groups is 1. The summed E-state index contributed by atoms with van der Waals surface area (Å²) in [6, 6.07) is 8.60. The van der Waals surface area contributed by atoms with E-state index in [1.807, 2.05) is 6.07 Å². The number of aliphatic hydroxyl groups is 2. The zero-order valence-electron chi connectivity index (χ0n) is 32.9. The van der Waals surface area contributed by atoms with Gasteiger partial charge >= 0.3 is 7.82 Å². The lowest BCUT2D eigenvalue weighted by Gasteiger charge is -2.27. The minimum absolute atomic E-state index is 0.0299. The van der Waals surface area contributed by atoms with Crippen LogP contribution in [0.5, 0.6) is 5.75 Å². The Morgan fingerprint density at radius 3 is 2.23 bits per heavy atom. The summed E-state index contributed by atoms with van der Waals surface area (Å²) in [4.78, 5) is 14.7. The first kappa shape index (κ1) is 45.5. The number of anilines is 1. The van der Waals surface area contributed by atoms with Crippen molar-refractivity contribution in [2.75, 3.05) is 32.2 Å². The van der Waals surface area contributed by atoms with Crippen LogP contribution in [0.2, 0.25) is 0 Å². The van der Waals surface area contributed by atoms with Crippen molar-refractivity contribution in [3.8, 4) is 11.8 Å². The molecule has 1 aliphatic heterocycles. The molecule has 2 aromatic heterocycles. The standard InChI is InChI=1S/C40H61FN5O9P/c1-3-4-5-6-7-8-9-10-11-12-13-14-15-16-17-18-21-51-26-33(27-52-32-23-30(25-42)22-31(41)24-32)55-56(49,50)53-28-35-37(47)38(48)40(2,54-35)36-20-19-34-39(43)44-29-45-46(34)36/h19-20,22-24,29,33,35,37-38,47-48H,3-18,21,26-28H2,1-2H3,(H,49,50)(H2,43,44,45)/t33-,35-,37-,38-,40+/m1/s1. The van der Waals surface area contributed by atoms with E-state index in [9.17, 15) is 29.3 Å². The molecule has 0 aliphatic carbocycles. The van der Waals surface area contributed by atoms with Crippen molar-refractivity contribution in [2.45, 2.75) is 147 Å². The van der Waals surface area contributed by atoms with Crippen LogP contribution in [0.1, 0.15) is 128 Å². The van der Waals surface area contributed by atoms with Crippen LogP contribution in [0.4, 0.5) is 10.2 Å². The smallest absolute Gasteiger partial charge is 0.472 e. The molecule has 3 heterocycles. The Morgan fingerprint density at radius 2 is 1.61 bits per heavy atom. The Kier molecular flexibility index (Phi) is 18.9. The Bertz CT molecular complexity index is 1710. The van der Waals surface area contributed by atoms with Crippen molar-refractivity contribution in [2.24, 2.45) is 0 Å². The molecule has 1 aromatic carbocycles. The average Bonchev–Trinajstić information content (AvgIpc) is 3.72. The van der Waals surface area contributed by atoms with Gasteiger partial charge < -0.3 is 35.1 Å². The van der Waals surface area contributed by atoms with E-state index in [1.54, 1.807) is 19.1 Å². The Hall–Kier alpha value is -3.19. The minimum Gasteiger partial charge on any atom is -0.491 e. The van der Waals surface area contributed by atoms with Crippen LogP contribution in [0.25, 0.3) is 5.52 Å². The Balaban J connectivity index is 1.20. The minimum atomic E-state index is -4.84. The molecular formula is C40H61FN5O9P. The number of hydrogen-bond donors (Lipinski definition) is 4. The summed E-state index contributed by atoms with van der Waals surface area (Å²) in [6.07, 6.45) is 15.9. The summed E-state index contributed by atoms with van der Waals surface area (Å²) in [5.41, 5.74) is 5.33. The monoisotopic (exact) mass is 805 g/mol. The van der Waals surface area contributed by atoms with Gasteiger partial charge in [-0.3, -0.25) is 9.05 Å². The summed E-state index contributed by atoms with van der Waals surface area (Å²) < 4.78 is 56.8. The number of fused-ring (bicyclic) bond motifs is 1. The molecule has 0 saturated carbocycles. The number of nitrogens with zero attached hydrogens (tertiary/aromatic N) is 4. The van der Waals surface area contributed by atoms with Crippen molar-refractivity contribution in [3.05, 3.63) is 53.7 Å². The Morgan fingerprint density at radius 1 is 0.982 bits per heavy atom. The van der Waals surface area contributed by atoms with Gasteiger partial charge in [0.25, 0.3) is 0 Å². The SMILES string of the molecule is CCCCCCCCCCCCCCCCCCOC[C@H](COc1cc(F)cc(C#N)c1)OP(=O)(O)OC[C@H]1O[C@@](C)(c2ccc3c(N)ncnn23)[C@H](O)[C@@H]1O. The van der Waals surface area contributed by atoms with E-state index in [1.165, 1.54) is 100 Å². The summed E-state index contributed by atoms with van der Waals surface area (Å²) in [5.74, 6) is -0.445. The van der Waals surface area contributed by atoms with E-state index >= 15 is 0 Å². The summed E-state index contributed by atoms with van der Waals surface area (Å²) in [7, 11) is -4.84. The molecule has 0 radical (unpaired) electrons. The van der Waals surface area contributed by atoms with Gasteiger partial charge in [0.1, 0.15) is 60.0 Å². The van der Waals surface area contributed by atoms with Gasteiger partial charge in [0, 0.05) is 12.7 Å². The highest BCUT2D eigenvalue weighted by Crippen LogP contribution is 2.47. The molecule has 6 atom stereocenters. The van der Waals surface area contributed by atoms with E-state index < -0.39 is 50.3 Å². The first-order valence-electron chi connectivity index (χ1n) is 20.2. The third-order valence-electron chi connectivity index (χ3n) is 10.2. The first-order valence-corrected chi connectivity index (χ1v) is 21.7. The predicted octanol–water partition coefficient (Wildman–Crippen LogP) is 7.52. The molecule has 4 rings (SSSR count). The van der Waals surface area contributed by atoms with Crippen molar-refractivity contribution >= 4 is 19.2 Å². The van der Waals surface area contributed by atoms with Gasteiger partial charge in [0.15, 0.2) is 5.82 Å². The molecule has 3 aromatic rings. The molecule has 14 nitrogen and oxygen atoms in total. The fourth-order valence-electron chi connectivity index (χ4n) is 7.02. The van der Waals surface area contributed by atoms with Crippen LogP contribution in [0.3, 0.4) is 0 Å². The zero-order chi connectivity index (χ0) is 40.4. The number of nitriles is 1. The quantitative estimate of drug-likeness (QED) is 0.0415. The van der Waals surface area contributed by atoms with E-state index in [0.29, 0.717) is 17.8 Å². The van der Waals surface area contributed by atoms with Crippen molar-refractivity contribution in [1.82, 2.24) is 14.6 Å². The maximum Gasteiger partial charge on any atom is 0.472 e. The van der Waals surface area contributed by atoms with Crippen molar-refractivity contribution in [1.29, 1.82) is 5.26 Å². The topological polar surface area (TPSA) is 204 Å². The van der Waals surface area contributed by atoms with Gasteiger partial charge in [-0.25, -0.2) is 18.5 Å². The molecule has 1 saturated heterocycles. The highest BCUT2D eigenvalue weighted by Gasteiger charge is 2.54. The van der Waals surface area contributed by atoms with E-state index in [4.69, 9.17) is 29.0 Å². The first-order chi connectivity index (χ1) is 27.0. The number of ether oxygens (including phenoxy) is 3. The molecule has 56 heavy (non-hydrogen) atoms. The van der Waals surface area contributed by atoms with E-state index in [-0.39, 0.29) is 30.3 Å². The molecule has 5 N–H and O–H groups in total. The number of aliphatic hydroxyl groups excluding tert-OH is 2. The van der Waals surface area contributed by atoms with Crippen LogP contribution in [-0.2, 0) is 28.7 Å². The number of halogens is 1. The Labute approximate surface area is 330 Å². The second kappa shape index (κ2) is 23.3. The molecule has 1 aliphatic rings. The van der Waals surface area contributed by atoms with Crippen LogP contribution >= 0.6 is 7.82 Å². The maximum absolute atomic E-state index is 14.0. The van der Waals surface area contributed by atoms with Gasteiger partial charge in [0.05, 0.1) is 30.5 Å². The van der Waals surface area contributed by atoms with Gasteiger partial charge in [-0.05, 0) is 37.6 Å². The molecular weight excluding hydrogens is 744 g/mol. The van der Waals surface area contributed by atoms with Crippen LogP contribution < -0.4 is 10.5 Å². The second-order valence-corrected chi connectivity index (χ2v) is 16.2. The maximum atomic E-state index is 14.0. The fourth-order valence-corrected chi connectivity index (χ4v) is 7.91. The van der Waals surface area contributed by atoms with Crippen LogP contribution in [-0.4, -0.2) is 80.5 Å². The molecule has 16 heteroatoms. The number of nitrogen functional groups attached to an aromatic ring is 1. The van der Waals surface area contributed by atoms with Gasteiger partial charge in [-0.15, -0.1) is 0 Å². The summed E-state index contributed by atoms with van der Waals surface area (Å²) in [6.45, 7) is 3.10. The molecule has 1 unspecified atom stereocenters. The lowest BCUT2D eigenvalue weighted by Crippen LogP contribution is -2.39. The third kappa shape index (κ3) is 14.0. The predicted molar refractivity (Wildman–Crippen MR) is 209 cm³/mol. The lowest BCUT2D eigenvalue weighted by atomic mass is 9.93. The number of rotatable bonds is 28. The normalized spacial score (nSPS) is 21.3. The summed E-state index contributed by atoms with van der Waals surface area (Å²) >= 11 is 0. The van der Waals surface area contributed by atoms with E-state index in [0.717, 1.165) is 31.4 Å². The largest absolute Gasteiger partial charge is 0.491 e. The number of unbranched alkanes of at least 4 members (excludes halogenated alkanes) is 15. The van der Waals surface area contributed by atoms with Crippen molar-refractivity contribution < 1.29 is 47.3 Å². The fraction of sp³-hybridized carbons (Fsp3) is 0.675. The number of hydrogen-bond acceptors (Lipinski definition) is 12. The molecule has 0 amide bonds. The second-order valence-electron chi connectivity index (χ2n) is 14.8. The van der Waals surface area contributed by atoms with Crippen LogP contribution in [0, 0.1) is 17.1 Å². The highest BCUT2D eigenvalue weighted by molar-refractivity contribution is 7.47. The van der Waals surface area contributed by atoms with Gasteiger partial charge in [-0.2, -0.15) is 10.4 Å². The van der Waals surface area contributed by atoms with E-state index in [2.05, 4.69) is 17.0 Å². The number of aromatic nitrogens is 3. The van der Waals surface area contributed by atoms with Crippen LogP contribution in [0.15, 0.2) is 36.7 Å². The average molecular weight is 806 g/mol. The number of benzene rings is 1. The van der Waals surface area contributed by atoms with Crippen molar-refractivity contribution in [3.63, 3.8) is 0 Å². The molecule has 0 bridgehead atoms. The lowest BCUT2D eigenvalue weighted by molar-refractivity contribution is -0.0900. The number of phosphoric acid groups is 1. The molecule has 1 fully saturated rings. The van der Waals surface area contributed by atoms with Gasteiger partial charge in [-0.1, -0.05) is 103 Å². The third-order valence-corrected chi connectivity index (χ3v) is 11.3. The summed E-state index contributed by atoms with van der Waals surface area (Å²) in [5, 5.41) is 35.3. The molecule has 312 valence electrons. The zero-order valence-corrected chi connectivity index (χ0v) is 33.8. The number of nitrogens with two attached hydrogens (primary N) is 1. The highest BCUT2D eigenvalue weighted by atomic mass is 31.2. The van der Waals surface area contributed by atoms with Gasteiger partial charge in [0.2, 0.25) is 0 Å².